The molecule has 3 heteroatoms. The first kappa shape index (κ1) is 15.0. The fourth-order valence-corrected chi connectivity index (χ4v) is 2.82. The molecule has 0 spiro atoms. The van der Waals surface area contributed by atoms with Crippen molar-refractivity contribution in [2.75, 3.05) is 6.54 Å². The Morgan fingerprint density at radius 2 is 2.05 bits per heavy atom. The van der Waals surface area contributed by atoms with Crippen molar-refractivity contribution >= 4 is 5.91 Å². The molecule has 2 unspecified atom stereocenters. The number of carbonyl (C=O) groups excluding carboxylic acids is 1. The molecule has 2 N–H and O–H groups in total. The van der Waals surface area contributed by atoms with E-state index in [1.165, 1.54) is 12.0 Å². The molecule has 20 heavy (non-hydrogen) atoms. The zero-order valence-electron chi connectivity index (χ0n) is 12.8. The number of benzene rings is 1. The van der Waals surface area contributed by atoms with Crippen molar-refractivity contribution in [1.29, 1.82) is 0 Å². The van der Waals surface area contributed by atoms with E-state index in [0.717, 1.165) is 13.0 Å². The minimum absolute atomic E-state index is 0.000117. The molecule has 2 rings (SSSR count). The van der Waals surface area contributed by atoms with Crippen molar-refractivity contribution < 1.29 is 4.79 Å². The second-order valence-electron chi connectivity index (χ2n) is 6.77. The second-order valence-corrected chi connectivity index (χ2v) is 6.77. The molecule has 0 radical (unpaired) electrons. The molecular weight excluding hydrogens is 248 g/mol. The molecule has 1 aliphatic heterocycles. The Morgan fingerprint density at radius 1 is 1.35 bits per heavy atom. The van der Waals surface area contributed by atoms with Gasteiger partial charge < -0.3 is 10.6 Å². The minimum atomic E-state index is 0.000117. The SMILES string of the molecule is CC(C)(C)C(NC(=O)CC1CCCN1)c1ccccc1. The Labute approximate surface area is 122 Å². The lowest BCUT2D eigenvalue weighted by Crippen LogP contribution is -2.39. The molecule has 0 aliphatic carbocycles. The number of rotatable bonds is 4. The van der Waals surface area contributed by atoms with E-state index in [0.29, 0.717) is 12.5 Å². The Balaban J connectivity index is 2.03. The summed E-state index contributed by atoms with van der Waals surface area (Å²) in [5, 5.41) is 6.60. The molecule has 0 saturated carbocycles. The molecule has 1 fully saturated rings. The van der Waals surface area contributed by atoms with Crippen LogP contribution in [0.5, 0.6) is 0 Å². The van der Waals surface area contributed by atoms with Gasteiger partial charge in [0.05, 0.1) is 6.04 Å². The lowest BCUT2D eigenvalue weighted by Gasteiger charge is -2.32. The van der Waals surface area contributed by atoms with Crippen LogP contribution in [0.2, 0.25) is 0 Å². The first-order valence-corrected chi connectivity index (χ1v) is 7.54. The summed E-state index contributed by atoms with van der Waals surface area (Å²) in [6.45, 7) is 7.54. The van der Waals surface area contributed by atoms with Crippen molar-refractivity contribution in [2.24, 2.45) is 5.41 Å². The molecule has 2 atom stereocenters. The lowest BCUT2D eigenvalue weighted by atomic mass is 9.82. The first-order valence-electron chi connectivity index (χ1n) is 7.54. The summed E-state index contributed by atoms with van der Waals surface area (Å²) >= 11 is 0. The van der Waals surface area contributed by atoms with E-state index < -0.39 is 0 Å². The second kappa shape index (κ2) is 6.40. The molecule has 1 saturated heterocycles. The van der Waals surface area contributed by atoms with Crippen LogP contribution in [-0.2, 0) is 4.79 Å². The van der Waals surface area contributed by atoms with Gasteiger partial charge in [0.2, 0.25) is 5.91 Å². The number of carbonyl (C=O) groups is 1. The van der Waals surface area contributed by atoms with Crippen molar-refractivity contribution in [2.45, 2.75) is 52.1 Å². The minimum Gasteiger partial charge on any atom is -0.349 e. The molecule has 1 aromatic carbocycles. The van der Waals surface area contributed by atoms with Crippen molar-refractivity contribution in [3.63, 3.8) is 0 Å². The number of amides is 1. The van der Waals surface area contributed by atoms with E-state index >= 15 is 0 Å². The van der Waals surface area contributed by atoms with Gasteiger partial charge in [0, 0.05) is 12.5 Å². The highest BCUT2D eigenvalue weighted by Crippen LogP contribution is 2.32. The van der Waals surface area contributed by atoms with E-state index in [4.69, 9.17) is 0 Å². The third-order valence-corrected chi connectivity index (χ3v) is 3.90. The van der Waals surface area contributed by atoms with Crippen molar-refractivity contribution in [1.82, 2.24) is 10.6 Å². The molecule has 3 nitrogen and oxygen atoms in total. The van der Waals surface area contributed by atoms with Crippen LogP contribution >= 0.6 is 0 Å². The van der Waals surface area contributed by atoms with Crippen LogP contribution in [0.4, 0.5) is 0 Å². The summed E-state index contributed by atoms with van der Waals surface area (Å²) in [6, 6.07) is 10.6. The summed E-state index contributed by atoms with van der Waals surface area (Å²) in [5.41, 5.74) is 1.17. The van der Waals surface area contributed by atoms with Gasteiger partial charge >= 0.3 is 0 Å². The number of hydrogen-bond donors (Lipinski definition) is 2. The lowest BCUT2D eigenvalue weighted by molar-refractivity contribution is -0.123. The maximum Gasteiger partial charge on any atom is 0.222 e. The van der Waals surface area contributed by atoms with Crippen LogP contribution in [0.3, 0.4) is 0 Å². The monoisotopic (exact) mass is 274 g/mol. The van der Waals surface area contributed by atoms with Gasteiger partial charge in [0.15, 0.2) is 0 Å². The summed E-state index contributed by atoms with van der Waals surface area (Å²) in [7, 11) is 0. The topological polar surface area (TPSA) is 41.1 Å². The number of nitrogens with one attached hydrogen (secondary N) is 2. The Morgan fingerprint density at radius 3 is 2.60 bits per heavy atom. The molecular formula is C17H26N2O. The van der Waals surface area contributed by atoms with Crippen LogP contribution in [0.25, 0.3) is 0 Å². The number of hydrogen-bond acceptors (Lipinski definition) is 2. The van der Waals surface area contributed by atoms with Gasteiger partial charge in [0.25, 0.3) is 0 Å². The molecule has 1 aromatic rings. The van der Waals surface area contributed by atoms with Gasteiger partial charge in [-0.3, -0.25) is 4.79 Å². The van der Waals surface area contributed by atoms with E-state index in [1.807, 2.05) is 18.2 Å². The Kier molecular flexibility index (Phi) is 4.81. The summed E-state index contributed by atoms with van der Waals surface area (Å²) < 4.78 is 0. The van der Waals surface area contributed by atoms with E-state index in [9.17, 15) is 4.79 Å². The highest BCUT2D eigenvalue weighted by molar-refractivity contribution is 5.77. The van der Waals surface area contributed by atoms with Crippen molar-refractivity contribution in [3.8, 4) is 0 Å². The molecule has 0 bridgehead atoms. The average molecular weight is 274 g/mol. The van der Waals surface area contributed by atoms with E-state index in [-0.39, 0.29) is 17.4 Å². The van der Waals surface area contributed by atoms with Crippen molar-refractivity contribution in [3.05, 3.63) is 35.9 Å². The van der Waals surface area contributed by atoms with Crippen LogP contribution in [0, 0.1) is 5.41 Å². The third kappa shape index (κ3) is 4.07. The van der Waals surface area contributed by atoms with Crippen LogP contribution in [0.15, 0.2) is 30.3 Å². The third-order valence-electron chi connectivity index (χ3n) is 3.90. The van der Waals surface area contributed by atoms with Gasteiger partial charge in [-0.15, -0.1) is 0 Å². The fraction of sp³-hybridized carbons (Fsp3) is 0.588. The largest absolute Gasteiger partial charge is 0.349 e. The van der Waals surface area contributed by atoms with Gasteiger partial charge in [-0.25, -0.2) is 0 Å². The van der Waals surface area contributed by atoms with Gasteiger partial charge in [0.1, 0.15) is 0 Å². The summed E-state index contributed by atoms with van der Waals surface area (Å²) in [4.78, 5) is 12.3. The maximum atomic E-state index is 12.3. The standard InChI is InChI=1S/C17H26N2O/c1-17(2,3)16(13-8-5-4-6-9-13)19-15(20)12-14-10-7-11-18-14/h4-6,8-9,14,16,18H,7,10-12H2,1-3H3,(H,19,20). The van der Waals surface area contributed by atoms with Gasteiger partial charge in [-0.05, 0) is 30.4 Å². The smallest absolute Gasteiger partial charge is 0.222 e. The van der Waals surface area contributed by atoms with Crippen LogP contribution < -0.4 is 10.6 Å². The Bertz CT molecular complexity index is 430. The van der Waals surface area contributed by atoms with Gasteiger partial charge in [-0.2, -0.15) is 0 Å². The normalized spacial score (nSPS) is 20.6. The first-order chi connectivity index (χ1) is 9.47. The fourth-order valence-electron chi connectivity index (χ4n) is 2.82. The highest BCUT2D eigenvalue weighted by atomic mass is 16.1. The molecule has 1 heterocycles. The van der Waals surface area contributed by atoms with E-state index in [2.05, 4.69) is 43.5 Å². The predicted octanol–water partition coefficient (Wildman–Crippen LogP) is 3.03. The zero-order chi connectivity index (χ0) is 14.6. The summed E-state index contributed by atoms with van der Waals surface area (Å²) in [6.07, 6.45) is 2.87. The zero-order valence-corrected chi connectivity index (χ0v) is 12.8. The average Bonchev–Trinajstić information content (AvgIpc) is 2.88. The molecule has 110 valence electrons. The Hall–Kier alpha value is -1.35. The summed E-state index contributed by atoms with van der Waals surface area (Å²) in [5.74, 6) is 0.146. The van der Waals surface area contributed by atoms with Crippen LogP contribution in [0.1, 0.15) is 51.6 Å². The van der Waals surface area contributed by atoms with E-state index in [1.54, 1.807) is 0 Å². The van der Waals surface area contributed by atoms with Gasteiger partial charge in [-0.1, -0.05) is 51.1 Å². The highest BCUT2D eigenvalue weighted by Gasteiger charge is 2.28. The predicted molar refractivity (Wildman–Crippen MR) is 82.4 cm³/mol. The molecule has 1 aliphatic rings. The molecule has 1 amide bonds. The molecule has 0 aromatic heterocycles. The quantitative estimate of drug-likeness (QED) is 0.886. The van der Waals surface area contributed by atoms with Crippen LogP contribution in [-0.4, -0.2) is 18.5 Å². The maximum absolute atomic E-state index is 12.3.